The zero-order valence-electron chi connectivity index (χ0n) is 19.7. The van der Waals surface area contributed by atoms with Gasteiger partial charge in [0.2, 0.25) is 0 Å². The number of hydrogen-bond acceptors (Lipinski definition) is 8. The molecule has 1 aliphatic rings. The molecule has 0 saturated carbocycles. The van der Waals surface area contributed by atoms with E-state index >= 15 is 0 Å². The van der Waals surface area contributed by atoms with E-state index in [-0.39, 0.29) is 27.4 Å². The maximum absolute atomic E-state index is 13.1. The number of fused-ring (bicyclic) bond motifs is 2. The standard InChI is InChI=1S/C24H20ClN5O6S/c1-4-22(31)29-12-15-10-26-30(17(15)13-29)11-14-7-19(35-3)23-20(8-14)36-27-24(23)28-37(32,33)21-9-16(25)5-6-18(21)34-2/h1,5-10H,11-13H2,2-3H3,(H,27,28). The molecule has 0 fully saturated rings. The van der Waals surface area contributed by atoms with Gasteiger partial charge in [-0.25, -0.2) is 8.42 Å². The first-order valence-corrected chi connectivity index (χ1v) is 12.7. The fourth-order valence-corrected chi connectivity index (χ4v) is 5.64. The molecule has 2 aromatic carbocycles. The summed E-state index contributed by atoms with van der Waals surface area (Å²) < 4.78 is 46.6. The minimum absolute atomic E-state index is 0.0520. The first kappa shape index (κ1) is 24.5. The largest absolute Gasteiger partial charge is 0.496 e. The van der Waals surface area contributed by atoms with Gasteiger partial charge in [-0.1, -0.05) is 16.8 Å². The molecule has 0 aliphatic carbocycles. The average molecular weight is 542 g/mol. The van der Waals surface area contributed by atoms with E-state index in [1.165, 1.54) is 32.4 Å². The number of halogens is 1. The van der Waals surface area contributed by atoms with E-state index in [1.54, 1.807) is 27.9 Å². The van der Waals surface area contributed by atoms with Crippen LogP contribution in [0.15, 0.2) is 45.9 Å². The van der Waals surface area contributed by atoms with Crippen molar-refractivity contribution in [3.05, 3.63) is 58.4 Å². The Balaban J connectivity index is 1.46. The predicted molar refractivity (Wildman–Crippen MR) is 134 cm³/mol. The number of benzene rings is 2. The number of sulfonamides is 1. The Labute approximate surface area is 216 Å². The van der Waals surface area contributed by atoms with Crippen LogP contribution in [0.2, 0.25) is 5.02 Å². The smallest absolute Gasteiger partial charge is 0.298 e. The minimum Gasteiger partial charge on any atom is -0.496 e. The van der Waals surface area contributed by atoms with Gasteiger partial charge in [-0.2, -0.15) is 5.10 Å². The van der Waals surface area contributed by atoms with Crippen LogP contribution in [0.25, 0.3) is 11.0 Å². The Morgan fingerprint density at radius 1 is 1.22 bits per heavy atom. The van der Waals surface area contributed by atoms with Crippen molar-refractivity contribution in [2.75, 3.05) is 18.9 Å². The summed E-state index contributed by atoms with van der Waals surface area (Å²) in [7, 11) is -1.32. The lowest BCUT2D eigenvalue weighted by Crippen LogP contribution is -2.24. The van der Waals surface area contributed by atoms with Crippen LogP contribution < -0.4 is 14.2 Å². The zero-order valence-corrected chi connectivity index (χ0v) is 21.3. The highest BCUT2D eigenvalue weighted by Gasteiger charge is 2.27. The SMILES string of the molecule is C#CC(=O)N1Cc2cnn(Cc3cc(OC)c4c(NS(=O)(=O)c5cc(Cl)ccc5OC)noc4c3)c2C1. The normalized spacial score (nSPS) is 12.9. The van der Waals surface area contributed by atoms with Crippen molar-refractivity contribution in [2.24, 2.45) is 0 Å². The van der Waals surface area contributed by atoms with Crippen molar-refractivity contribution in [2.45, 2.75) is 24.5 Å². The lowest BCUT2D eigenvalue weighted by atomic mass is 10.1. The van der Waals surface area contributed by atoms with Crippen molar-refractivity contribution in [3.63, 3.8) is 0 Å². The summed E-state index contributed by atoms with van der Waals surface area (Å²) in [5.41, 5.74) is 2.87. The molecule has 0 bridgehead atoms. The number of amides is 1. The zero-order chi connectivity index (χ0) is 26.3. The molecule has 2 aromatic heterocycles. The number of rotatable bonds is 7. The molecule has 0 unspecified atom stereocenters. The molecular weight excluding hydrogens is 522 g/mol. The van der Waals surface area contributed by atoms with Gasteiger partial charge in [-0.05, 0) is 41.8 Å². The minimum atomic E-state index is -4.14. The molecule has 1 aliphatic heterocycles. The number of ether oxygens (including phenoxy) is 2. The highest BCUT2D eigenvalue weighted by molar-refractivity contribution is 7.92. The van der Waals surface area contributed by atoms with Gasteiger partial charge >= 0.3 is 0 Å². The van der Waals surface area contributed by atoms with Crippen LogP contribution in [0.3, 0.4) is 0 Å². The molecule has 3 heterocycles. The van der Waals surface area contributed by atoms with Crippen LogP contribution in [-0.2, 0) is 34.5 Å². The fraction of sp³-hybridized carbons (Fsp3) is 0.208. The Kier molecular flexibility index (Phi) is 6.18. The summed E-state index contributed by atoms with van der Waals surface area (Å²) in [5, 5.41) is 8.91. The van der Waals surface area contributed by atoms with E-state index in [9.17, 15) is 13.2 Å². The van der Waals surface area contributed by atoms with Gasteiger partial charge in [0.15, 0.2) is 11.4 Å². The number of nitrogens with one attached hydrogen (secondary N) is 1. The molecule has 1 amide bonds. The monoisotopic (exact) mass is 541 g/mol. The van der Waals surface area contributed by atoms with Gasteiger partial charge in [0, 0.05) is 10.6 Å². The van der Waals surface area contributed by atoms with Crippen molar-refractivity contribution in [1.82, 2.24) is 19.8 Å². The van der Waals surface area contributed by atoms with Crippen LogP contribution in [0, 0.1) is 12.3 Å². The molecule has 0 atom stereocenters. The summed E-state index contributed by atoms with van der Waals surface area (Å²) in [4.78, 5) is 13.3. The number of anilines is 1. The van der Waals surface area contributed by atoms with Gasteiger partial charge in [-0.15, -0.1) is 6.42 Å². The third-order valence-corrected chi connectivity index (χ3v) is 7.54. The summed E-state index contributed by atoms with van der Waals surface area (Å²) >= 11 is 6.01. The fourth-order valence-electron chi connectivity index (χ4n) is 4.21. The molecule has 0 radical (unpaired) electrons. The second-order valence-corrected chi connectivity index (χ2v) is 10.3. The molecule has 37 heavy (non-hydrogen) atoms. The van der Waals surface area contributed by atoms with E-state index in [0.717, 1.165) is 16.8 Å². The van der Waals surface area contributed by atoms with Gasteiger partial charge in [-0.3, -0.25) is 14.2 Å². The van der Waals surface area contributed by atoms with E-state index < -0.39 is 10.0 Å². The highest BCUT2D eigenvalue weighted by atomic mass is 35.5. The van der Waals surface area contributed by atoms with Crippen LogP contribution in [0.1, 0.15) is 16.8 Å². The second-order valence-electron chi connectivity index (χ2n) is 8.18. The van der Waals surface area contributed by atoms with Gasteiger partial charge in [0.1, 0.15) is 21.8 Å². The molecule has 11 nitrogen and oxygen atoms in total. The molecule has 4 aromatic rings. The Morgan fingerprint density at radius 2 is 2.00 bits per heavy atom. The van der Waals surface area contributed by atoms with E-state index in [2.05, 4.69) is 20.9 Å². The number of carbonyl (C=O) groups excluding carboxylic acids is 1. The van der Waals surface area contributed by atoms with E-state index in [0.29, 0.717) is 36.4 Å². The van der Waals surface area contributed by atoms with Crippen LogP contribution in [-0.4, -0.2) is 48.4 Å². The van der Waals surface area contributed by atoms with Crippen LogP contribution >= 0.6 is 11.6 Å². The summed E-state index contributed by atoms with van der Waals surface area (Å²) in [6, 6.07) is 7.72. The summed E-state index contributed by atoms with van der Waals surface area (Å²) in [6.07, 6.45) is 6.96. The van der Waals surface area contributed by atoms with Gasteiger partial charge in [0.25, 0.3) is 15.9 Å². The number of methoxy groups -OCH3 is 2. The Hall–Kier alpha value is -4.21. The predicted octanol–water partition coefficient (Wildman–Crippen LogP) is 3.02. The molecule has 1 N–H and O–H groups in total. The van der Waals surface area contributed by atoms with Crippen LogP contribution in [0.4, 0.5) is 5.82 Å². The summed E-state index contributed by atoms with van der Waals surface area (Å²) in [6.45, 7) is 1.11. The van der Waals surface area contributed by atoms with E-state index in [1.807, 2.05) is 0 Å². The summed E-state index contributed by atoms with van der Waals surface area (Å²) in [5.74, 6) is 2.17. The van der Waals surface area contributed by atoms with Gasteiger partial charge in [0.05, 0.1) is 45.7 Å². The topological polar surface area (TPSA) is 129 Å². The quantitative estimate of drug-likeness (QED) is 0.353. The van der Waals surface area contributed by atoms with Crippen molar-refractivity contribution >= 4 is 44.3 Å². The van der Waals surface area contributed by atoms with Crippen molar-refractivity contribution in [3.8, 4) is 23.8 Å². The highest BCUT2D eigenvalue weighted by Crippen LogP contribution is 2.36. The first-order valence-electron chi connectivity index (χ1n) is 10.9. The maximum atomic E-state index is 13.1. The van der Waals surface area contributed by atoms with Crippen LogP contribution in [0.5, 0.6) is 11.5 Å². The maximum Gasteiger partial charge on any atom is 0.298 e. The molecule has 0 spiro atoms. The second kappa shape index (κ2) is 9.34. The molecular formula is C24H20ClN5O6S. The number of carbonyl (C=O) groups is 1. The Bertz CT molecular complexity index is 1690. The number of terminal acetylenes is 1. The third-order valence-electron chi connectivity index (χ3n) is 5.94. The molecule has 0 saturated heterocycles. The van der Waals surface area contributed by atoms with Crippen molar-refractivity contribution < 1.29 is 27.2 Å². The third kappa shape index (κ3) is 4.43. The molecule has 13 heteroatoms. The van der Waals surface area contributed by atoms with Crippen molar-refractivity contribution in [1.29, 1.82) is 0 Å². The number of nitrogens with zero attached hydrogens (tertiary/aromatic N) is 4. The average Bonchev–Trinajstić information content (AvgIpc) is 3.59. The number of aromatic nitrogens is 3. The molecule has 190 valence electrons. The number of hydrogen-bond donors (Lipinski definition) is 1. The first-order chi connectivity index (χ1) is 17.7. The lowest BCUT2D eigenvalue weighted by molar-refractivity contribution is -0.125. The Morgan fingerprint density at radius 3 is 2.73 bits per heavy atom. The molecule has 5 rings (SSSR count). The van der Waals surface area contributed by atoms with Gasteiger partial charge < -0.3 is 18.9 Å². The van der Waals surface area contributed by atoms with E-state index in [4.69, 9.17) is 32.0 Å². The lowest BCUT2D eigenvalue weighted by Gasteiger charge is -2.13.